The molecule has 3 rings (SSSR count). The van der Waals surface area contributed by atoms with Crippen molar-refractivity contribution in [3.63, 3.8) is 0 Å². The summed E-state index contributed by atoms with van der Waals surface area (Å²) < 4.78 is 35.8. The molecular formula is C24H31Cl2N3O4S. The van der Waals surface area contributed by atoms with Crippen LogP contribution < -0.4 is 9.46 Å². The van der Waals surface area contributed by atoms with Gasteiger partial charge in [-0.2, -0.15) is 5.26 Å². The number of hydrogen-bond acceptors (Lipinski definition) is 6. The summed E-state index contributed by atoms with van der Waals surface area (Å²) in [7, 11) is -3.51. The van der Waals surface area contributed by atoms with Gasteiger partial charge in [0.2, 0.25) is 10.0 Å². The third-order valence-electron chi connectivity index (χ3n) is 3.88. The molecule has 34 heavy (non-hydrogen) atoms. The molecule has 1 heterocycles. The fourth-order valence-corrected chi connectivity index (χ4v) is 2.82. The first-order valence-corrected chi connectivity index (χ1v) is 13.3. The maximum atomic E-state index is 11.4. The second-order valence-corrected chi connectivity index (χ2v) is 8.82. The van der Waals surface area contributed by atoms with E-state index < -0.39 is 10.0 Å². The molecule has 0 spiro atoms. The summed E-state index contributed by atoms with van der Waals surface area (Å²) in [5, 5.41) is 14.1. The summed E-state index contributed by atoms with van der Waals surface area (Å²) in [5.74, 6) is 0.643. The van der Waals surface area contributed by atoms with Crippen molar-refractivity contribution in [2.75, 3.05) is 17.4 Å². The van der Waals surface area contributed by atoms with Gasteiger partial charge in [0.1, 0.15) is 12.4 Å². The van der Waals surface area contributed by atoms with Crippen LogP contribution in [0.3, 0.4) is 0 Å². The molecule has 1 aromatic heterocycles. The highest BCUT2D eigenvalue weighted by Crippen LogP contribution is 2.28. The van der Waals surface area contributed by atoms with Crippen LogP contribution in [0.1, 0.15) is 45.7 Å². The topological polar surface area (TPSA) is 105 Å². The van der Waals surface area contributed by atoms with Gasteiger partial charge in [0, 0.05) is 17.0 Å². The summed E-state index contributed by atoms with van der Waals surface area (Å²) in [4.78, 5) is 0. The normalized spacial score (nSPS) is 9.65. The maximum Gasteiger partial charge on any atom is 0.231 e. The SMILES string of the molecule is CC.CC=C(C)C.CCl.CS(=O)(=O)Nc1noc2cc(COc3ccc(Cl)cc3)c(C#N)cc12. The molecule has 0 bridgehead atoms. The monoisotopic (exact) mass is 527 g/mol. The molecule has 0 aliphatic rings. The molecule has 0 fully saturated rings. The Labute approximate surface area is 212 Å². The number of alkyl halides is 1. The van der Waals surface area contributed by atoms with E-state index in [1.807, 2.05) is 20.8 Å². The average Bonchev–Trinajstić information content (AvgIpc) is 3.20. The summed E-state index contributed by atoms with van der Waals surface area (Å²) in [6.45, 7) is 10.3. The number of sulfonamides is 1. The Hall–Kier alpha value is -2.73. The highest BCUT2D eigenvalue weighted by atomic mass is 35.5. The number of nitrogens with zero attached hydrogens (tertiary/aromatic N) is 2. The van der Waals surface area contributed by atoms with Crippen LogP contribution in [0.2, 0.25) is 5.02 Å². The van der Waals surface area contributed by atoms with E-state index in [0.717, 1.165) is 6.26 Å². The molecule has 0 atom stereocenters. The van der Waals surface area contributed by atoms with Crippen LogP contribution in [0.5, 0.6) is 5.75 Å². The van der Waals surface area contributed by atoms with Gasteiger partial charge in [0.15, 0.2) is 11.4 Å². The lowest BCUT2D eigenvalue weighted by molar-refractivity contribution is 0.306. The van der Waals surface area contributed by atoms with Crippen molar-refractivity contribution in [3.8, 4) is 11.8 Å². The van der Waals surface area contributed by atoms with Crippen molar-refractivity contribution < 1.29 is 17.7 Å². The Kier molecular flexibility index (Phi) is 14.7. The summed E-state index contributed by atoms with van der Waals surface area (Å²) in [6, 6.07) is 12.0. The summed E-state index contributed by atoms with van der Waals surface area (Å²) in [5.41, 5.74) is 2.65. The van der Waals surface area contributed by atoms with Crippen molar-refractivity contribution in [1.82, 2.24) is 5.16 Å². The van der Waals surface area contributed by atoms with Gasteiger partial charge in [-0.1, -0.05) is 42.3 Å². The molecule has 0 aliphatic carbocycles. The Balaban J connectivity index is 0.00000106. The zero-order valence-corrected chi connectivity index (χ0v) is 22.8. The first-order chi connectivity index (χ1) is 16.1. The molecular weight excluding hydrogens is 497 g/mol. The fourth-order valence-electron chi connectivity index (χ4n) is 2.19. The van der Waals surface area contributed by atoms with E-state index in [2.05, 4.69) is 47.5 Å². The van der Waals surface area contributed by atoms with Crippen LogP contribution in [0.25, 0.3) is 11.0 Å². The lowest BCUT2D eigenvalue weighted by Crippen LogP contribution is -2.09. The van der Waals surface area contributed by atoms with Gasteiger partial charge >= 0.3 is 0 Å². The highest BCUT2D eigenvalue weighted by Gasteiger charge is 2.16. The molecule has 186 valence electrons. The van der Waals surface area contributed by atoms with E-state index in [1.165, 1.54) is 18.0 Å². The van der Waals surface area contributed by atoms with Gasteiger partial charge < -0.3 is 9.26 Å². The molecule has 0 unspecified atom stereocenters. The Bertz CT molecular complexity index is 1200. The Morgan fingerprint density at radius 3 is 2.24 bits per heavy atom. The number of ether oxygens (including phenoxy) is 1. The van der Waals surface area contributed by atoms with Crippen molar-refractivity contribution in [2.45, 2.75) is 41.2 Å². The number of halogens is 2. The standard InChI is InChI=1S/C16H12ClN3O4S.C5H10.C2H6.CH3Cl/c1-25(21,22)20-16-14-6-10(8-18)11(7-15(14)24-19-16)9-23-13-4-2-12(17)3-5-13;1-4-5(2)3;2*1-2/h2-7H,9H2,1H3,(H,19,20);4H,1-3H3;1-2H3;1H3. The van der Waals surface area contributed by atoms with Crippen LogP contribution in [0.4, 0.5) is 5.82 Å². The third kappa shape index (κ3) is 10.9. The molecule has 0 aliphatic heterocycles. The van der Waals surface area contributed by atoms with Gasteiger partial charge in [0.25, 0.3) is 0 Å². The van der Waals surface area contributed by atoms with Crippen molar-refractivity contribution in [1.29, 1.82) is 5.26 Å². The number of benzene rings is 2. The van der Waals surface area contributed by atoms with Gasteiger partial charge in [0.05, 0.1) is 23.3 Å². The quantitative estimate of drug-likeness (QED) is 0.278. The average molecular weight is 529 g/mol. The predicted octanol–water partition coefficient (Wildman–Crippen LogP) is 7.16. The Morgan fingerprint density at radius 1 is 1.21 bits per heavy atom. The summed E-state index contributed by atoms with van der Waals surface area (Å²) in [6.07, 6.45) is 4.56. The number of nitriles is 1. The van der Waals surface area contributed by atoms with E-state index in [-0.39, 0.29) is 12.4 Å². The van der Waals surface area contributed by atoms with Crippen LogP contribution in [0, 0.1) is 11.3 Å². The smallest absolute Gasteiger partial charge is 0.231 e. The molecule has 0 saturated heterocycles. The predicted molar refractivity (Wildman–Crippen MR) is 141 cm³/mol. The van der Waals surface area contributed by atoms with E-state index in [0.29, 0.717) is 32.9 Å². The van der Waals surface area contributed by atoms with Crippen molar-refractivity contribution in [3.05, 3.63) is 64.2 Å². The molecule has 0 amide bonds. The molecule has 3 aromatic rings. The van der Waals surface area contributed by atoms with Crippen LogP contribution in [0.15, 0.2) is 52.6 Å². The lowest BCUT2D eigenvalue weighted by Gasteiger charge is -2.08. The zero-order valence-electron chi connectivity index (χ0n) is 20.4. The van der Waals surface area contributed by atoms with Crippen molar-refractivity contribution in [2.24, 2.45) is 0 Å². The maximum absolute atomic E-state index is 11.4. The molecule has 2 aromatic carbocycles. The largest absolute Gasteiger partial charge is 0.489 e. The minimum absolute atomic E-state index is 0.0409. The lowest BCUT2D eigenvalue weighted by atomic mass is 10.1. The minimum atomic E-state index is -3.51. The van der Waals surface area contributed by atoms with E-state index in [9.17, 15) is 13.7 Å². The van der Waals surface area contributed by atoms with Crippen LogP contribution in [-0.2, 0) is 16.6 Å². The molecule has 7 nitrogen and oxygen atoms in total. The zero-order chi connectivity index (χ0) is 26.3. The number of rotatable bonds is 5. The summed E-state index contributed by atoms with van der Waals surface area (Å²) >= 11 is 10.5. The van der Waals surface area contributed by atoms with Crippen LogP contribution in [-0.4, -0.2) is 26.2 Å². The highest BCUT2D eigenvalue weighted by molar-refractivity contribution is 7.92. The van der Waals surface area contributed by atoms with E-state index in [4.69, 9.17) is 20.9 Å². The van der Waals surface area contributed by atoms with Gasteiger partial charge in [-0.15, -0.1) is 11.6 Å². The van der Waals surface area contributed by atoms with E-state index >= 15 is 0 Å². The van der Waals surface area contributed by atoms with Crippen LogP contribution >= 0.6 is 23.2 Å². The van der Waals surface area contributed by atoms with Gasteiger partial charge in [-0.05, 0) is 57.2 Å². The number of fused-ring (bicyclic) bond motifs is 1. The van der Waals surface area contributed by atoms with Crippen molar-refractivity contribution >= 4 is 50.0 Å². The fraction of sp³-hybridized carbons (Fsp3) is 0.333. The van der Waals surface area contributed by atoms with Gasteiger partial charge in [-0.3, -0.25) is 4.72 Å². The second kappa shape index (κ2) is 16.0. The van der Waals surface area contributed by atoms with E-state index in [1.54, 1.807) is 30.3 Å². The molecule has 0 radical (unpaired) electrons. The third-order valence-corrected chi connectivity index (χ3v) is 4.70. The Morgan fingerprint density at radius 2 is 1.76 bits per heavy atom. The number of aromatic nitrogens is 1. The molecule has 1 N–H and O–H groups in total. The second-order valence-electron chi connectivity index (χ2n) is 6.63. The number of nitrogens with one attached hydrogen (secondary N) is 1. The van der Waals surface area contributed by atoms with Gasteiger partial charge in [-0.25, -0.2) is 8.42 Å². The molecule has 0 saturated carbocycles. The number of hydrogen-bond donors (Lipinski definition) is 1. The first kappa shape index (κ1) is 31.3. The minimum Gasteiger partial charge on any atom is -0.489 e. The number of anilines is 1. The number of allylic oxidation sites excluding steroid dienone is 2. The first-order valence-electron chi connectivity index (χ1n) is 10.3. The molecule has 10 heteroatoms.